The normalized spacial score (nSPS) is 20.1. The SMILES string of the molecule is O=C1N(CC#Cc2cncnc2)[C@H](Cc2ccccc2)[C@H](O)[C@@H](O)[C@@H](Cc2ccccc2)N1CC#Cc1cncnc1. The number of hydrogen-bond acceptors (Lipinski definition) is 7. The van der Waals surface area contributed by atoms with Crippen molar-refractivity contribution in [2.75, 3.05) is 13.1 Å². The van der Waals surface area contributed by atoms with E-state index in [1.54, 1.807) is 24.8 Å². The number of carbonyl (C=O) groups is 1. The zero-order chi connectivity index (χ0) is 29.1. The number of aliphatic hydroxyl groups is 2. The molecule has 2 aromatic heterocycles. The molecule has 1 fully saturated rings. The second-order valence-corrected chi connectivity index (χ2v) is 9.89. The summed E-state index contributed by atoms with van der Waals surface area (Å²) in [6.45, 7) is 0.0348. The molecular formula is C33H30N6O3. The lowest BCUT2D eigenvalue weighted by Gasteiger charge is -2.33. The van der Waals surface area contributed by atoms with Gasteiger partial charge in [-0.25, -0.2) is 24.7 Å². The lowest BCUT2D eigenvalue weighted by Crippen LogP contribution is -2.51. The highest BCUT2D eigenvalue weighted by molar-refractivity contribution is 5.77. The predicted molar refractivity (Wildman–Crippen MR) is 157 cm³/mol. The van der Waals surface area contributed by atoms with E-state index in [0.717, 1.165) is 11.1 Å². The van der Waals surface area contributed by atoms with Gasteiger partial charge in [0.1, 0.15) is 24.9 Å². The van der Waals surface area contributed by atoms with Crippen molar-refractivity contribution in [3.8, 4) is 23.7 Å². The summed E-state index contributed by atoms with van der Waals surface area (Å²) in [5, 5.41) is 23.3. The zero-order valence-electron chi connectivity index (χ0n) is 22.9. The molecule has 3 heterocycles. The molecule has 1 aliphatic heterocycles. The summed E-state index contributed by atoms with van der Waals surface area (Å²) >= 11 is 0. The van der Waals surface area contributed by atoms with Gasteiger partial charge < -0.3 is 20.0 Å². The number of amides is 2. The molecule has 5 rings (SSSR count). The topological polar surface area (TPSA) is 116 Å². The average Bonchev–Trinajstić information content (AvgIpc) is 3.10. The number of rotatable bonds is 6. The molecular weight excluding hydrogens is 528 g/mol. The van der Waals surface area contributed by atoms with Gasteiger partial charge in [0.15, 0.2) is 0 Å². The van der Waals surface area contributed by atoms with Crippen LogP contribution in [0.3, 0.4) is 0 Å². The molecule has 2 N–H and O–H groups in total. The molecule has 9 heteroatoms. The van der Waals surface area contributed by atoms with E-state index in [9.17, 15) is 15.0 Å². The van der Waals surface area contributed by atoms with E-state index in [0.29, 0.717) is 24.0 Å². The first kappa shape index (κ1) is 28.4. The first-order valence-electron chi connectivity index (χ1n) is 13.6. The Bertz CT molecular complexity index is 1450. The van der Waals surface area contributed by atoms with Gasteiger partial charge >= 0.3 is 6.03 Å². The van der Waals surface area contributed by atoms with Crippen molar-refractivity contribution in [2.45, 2.75) is 37.1 Å². The van der Waals surface area contributed by atoms with E-state index in [-0.39, 0.29) is 19.1 Å². The number of urea groups is 1. The summed E-state index contributed by atoms with van der Waals surface area (Å²) in [5.74, 6) is 12.1. The molecule has 0 spiro atoms. The second-order valence-electron chi connectivity index (χ2n) is 9.89. The molecule has 4 aromatic rings. The second kappa shape index (κ2) is 14.0. The first-order valence-corrected chi connectivity index (χ1v) is 13.6. The number of benzene rings is 2. The third-order valence-corrected chi connectivity index (χ3v) is 7.09. The van der Waals surface area contributed by atoms with Crippen molar-refractivity contribution in [3.05, 3.63) is 120 Å². The largest absolute Gasteiger partial charge is 0.388 e. The van der Waals surface area contributed by atoms with Crippen molar-refractivity contribution in [2.24, 2.45) is 0 Å². The standard InChI is InChI=1S/C33H30N6O3/c40-31-29(17-25-9-3-1-4-10-25)38(15-7-13-27-19-34-23-35-20-27)33(42)39(16-8-14-28-21-36-24-37-22-28)30(32(31)41)18-26-11-5-2-6-12-26/h1-6,9-12,19-24,29-32,40-41H,15-18H2/t29-,30-,31+,32+/m1/s1. The molecule has 0 unspecified atom stereocenters. The Morgan fingerprint density at radius 1 is 0.619 bits per heavy atom. The third kappa shape index (κ3) is 7.15. The van der Waals surface area contributed by atoms with Crippen molar-refractivity contribution in [1.29, 1.82) is 0 Å². The average molecular weight is 559 g/mol. The number of carbonyl (C=O) groups excluding carboxylic acids is 1. The monoisotopic (exact) mass is 558 g/mol. The zero-order valence-corrected chi connectivity index (χ0v) is 22.9. The summed E-state index contributed by atoms with van der Waals surface area (Å²) < 4.78 is 0. The van der Waals surface area contributed by atoms with Gasteiger partial charge in [0.25, 0.3) is 0 Å². The minimum Gasteiger partial charge on any atom is -0.388 e. The van der Waals surface area contributed by atoms with Crippen LogP contribution in [0.25, 0.3) is 0 Å². The van der Waals surface area contributed by atoms with Gasteiger partial charge in [-0.05, 0) is 24.0 Å². The van der Waals surface area contributed by atoms with Gasteiger partial charge in [-0.15, -0.1) is 0 Å². The van der Waals surface area contributed by atoms with Crippen molar-refractivity contribution < 1.29 is 15.0 Å². The van der Waals surface area contributed by atoms with E-state index >= 15 is 0 Å². The van der Waals surface area contributed by atoms with Crippen LogP contribution in [0, 0.1) is 23.7 Å². The molecule has 2 amide bonds. The number of aliphatic hydroxyl groups excluding tert-OH is 2. The molecule has 210 valence electrons. The molecule has 9 nitrogen and oxygen atoms in total. The molecule has 1 aliphatic rings. The van der Waals surface area contributed by atoms with Crippen molar-refractivity contribution >= 4 is 6.03 Å². The van der Waals surface area contributed by atoms with Gasteiger partial charge in [0, 0.05) is 24.8 Å². The first-order chi connectivity index (χ1) is 20.6. The molecule has 2 aromatic carbocycles. The maximum atomic E-state index is 14.4. The predicted octanol–water partition coefficient (Wildman–Crippen LogP) is 2.35. The fraction of sp³-hybridized carbons (Fsp3) is 0.242. The van der Waals surface area contributed by atoms with Gasteiger partial charge in [-0.2, -0.15) is 0 Å². The van der Waals surface area contributed by atoms with Gasteiger partial charge in [-0.1, -0.05) is 84.3 Å². The van der Waals surface area contributed by atoms with Crippen LogP contribution < -0.4 is 0 Å². The van der Waals surface area contributed by atoms with Crippen LogP contribution >= 0.6 is 0 Å². The summed E-state index contributed by atoms with van der Waals surface area (Å²) in [6, 6.07) is 17.3. The Morgan fingerprint density at radius 2 is 1.00 bits per heavy atom. The number of aromatic nitrogens is 4. The van der Waals surface area contributed by atoms with E-state index < -0.39 is 24.3 Å². The van der Waals surface area contributed by atoms with Crippen LogP contribution in [0.15, 0.2) is 98.1 Å². The minimum atomic E-state index is -1.25. The Kier molecular flexibility index (Phi) is 9.48. The van der Waals surface area contributed by atoms with Crippen molar-refractivity contribution in [1.82, 2.24) is 29.7 Å². The van der Waals surface area contributed by atoms with Crippen LogP contribution in [0.4, 0.5) is 4.79 Å². The van der Waals surface area contributed by atoms with Crippen LogP contribution in [0.5, 0.6) is 0 Å². The highest BCUT2D eigenvalue weighted by Crippen LogP contribution is 2.27. The molecule has 42 heavy (non-hydrogen) atoms. The fourth-order valence-electron chi connectivity index (χ4n) is 5.00. The summed E-state index contributed by atoms with van der Waals surface area (Å²) in [4.78, 5) is 33.4. The summed E-state index contributed by atoms with van der Waals surface area (Å²) in [5.41, 5.74) is 3.06. The smallest absolute Gasteiger partial charge is 0.322 e. The molecule has 0 aliphatic carbocycles. The Balaban J connectivity index is 1.53. The summed E-state index contributed by atoms with van der Waals surface area (Å²) in [7, 11) is 0. The molecule has 0 bridgehead atoms. The Morgan fingerprint density at radius 3 is 1.38 bits per heavy atom. The van der Waals surface area contributed by atoms with Crippen LogP contribution in [0.2, 0.25) is 0 Å². The lowest BCUT2D eigenvalue weighted by atomic mass is 9.91. The van der Waals surface area contributed by atoms with E-state index in [4.69, 9.17) is 0 Å². The molecule has 1 saturated heterocycles. The van der Waals surface area contributed by atoms with Crippen LogP contribution in [-0.2, 0) is 12.8 Å². The van der Waals surface area contributed by atoms with E-state index in [1.807, 2.05) is 60.7 Å². The number of nitrogens with zero attached hydrogens (tertiary/aromatic N) is 6. The minimum absolute atomic E-state index is 0.0174. The Hall–Kier alpha value is -5.09. The molecule has 4 atom stereocenters. The highest BCUT2D eigenvalue weighted by atomic mass is 16.3. The quantitative estimate of drug-likeness (QED) is 0.349. The Labute approximate surface area is 244 Å². The van der Waals surface area contributed by atoms with Crippen LogP contribution in [0.1, 0.15) is 22.3 Å². The van der Waals surface area contributed by atoms with Gasteiger partial charge in [0.2, 0.25) is 0 Å². The number of hydrogen-bond donors (Lipinski definition) is 2. The summed E-state index contributed by atoms with van der Waals surface area (Å²) in [6.07, 6.45) is 7.39. The van der Waals surface area contributed by atoms with E-state index in [2.05, 4.69) is 43.6 Å². The maximum absolute atomic E-state index is 14.4. The fourth-order valence-corrected chi connectivity index (χ4v) is 5.00. The van der Waals surface area contributed by atoms with Crippen molar-refractivity contribution in [3.63, 3.8) is 0 Å². The van der Waals surface area contributed by atoms with Gasteiger partial charge in [-0.3, -0.25) is 0 Å². The molecule has 0 radical (unpaired) electrons. The van der Waals surface area contributed by atoms with E-state index in [1.165, 1.54) is 22.5 Å². The van der Waals surface area contributed by atoms with Gasteiger partial charge in [0.05, 0.1) is 36.3 Å². The van der Waals surface area contributed by atoms with Crippen LogP contribution in [-0.4, -0.2) is 83.4 Å². The highest BCUT2D eigenvalue weighted by Gasteiger charge is 2.45. The lowest BCUT2D eigenvalue weighted by molar-refractivity contribution is -0.0374. The third-order valence-electron chi connectivity index (χ3n) is 7.09. The molecule has 0 saturated carbocycles. The maximum Gasteiger partial charge on any atom is 0.322 e.